The van der Waals surface area contributed by atoms with Gasteiger partial charge in [-0.05, 0) is 30.9 Å². The van der Waals surface area contributed by atoms with Crippen molar-refractivity contribution in [1.82, 2.24) is 10.3 Å². The zero-order valence-corrected chi connectivity index (χ0v) is 10.5. The number of nitrogens with zero attached hydrogens (tertiary/aromatic N) is 1. The Kier molecular flexibility index (Phi) is 4.11. The third-order valence-corrected chi connectivity index (χ3v) is 3.19. The number of nitrogens with two attached hydrogens (primary N) is 1. The van der Waals surface area contributed by atoms with Crippen LogP contribution in [0.15, 0.2) is 18.3 Å². The van der Waals surface area contributed by atoms with Crippen LogP contribution >= 0.6 is 0 Å². The molecule has 0 spiro atoms. The lowest BCUT2D eigenvalue weighted by Crippen LogP contribution is -2.38. The van der Waals surface area contributed by atoms with Crippen LogP contribution < -0.4 is 11.1 Å². The van der Waals surface area contributed by atoms with E-state index in [0.29, 0.717) is 11.3 Å². The van der Waals surface area contributed by atoms with Gasteiger partial charge in [-0.25, -0.2) is 0 Å². The maximum atomic E-state index is 12.1. The van der Waals surface area contributed by atoms with E-state index in [1.165, 1.54) is 6.20 Å². The molecule has 0 aliphatic heterocycles. The van der Waals surface area contributed by atoms with Gasteiger partial charge in [0.05, 0.1) is 12.1 Å². The number of carboxylic acids is 1. The first-order chi connectivity index (χ1) is 9.10. The highest BCUT2D eigenvalue weighted by Gasteiger charge is 2.33. The van der Waals surface area contributed by atoms with Gasteiger partial charge in [0, 0.05) is 24.3 Å². The van der Waals surface area contributed by atoms with E-state index < -0.39 is 5.97 Å². The number of aliphatic carboxylic acids is 1. The SMILES string of the molecule is NCc1cc(C(=O)NC(CC(=O)O)C2CC2)ccn1. The molecule has 1 aliphatic rings. The largest absolute Gasteiger partial charge is 0.481 e. The van der Waals surface area contributed by atoms with E-state index in [9.17, 15) is 9.59 Å². The standard InChI is InChI=1S/C13H17N3O3/c14-7-10-5-9(3-4-15-10)13(19)16-11(6-12(17)18)8-1-2-8/h3-5,8,11H,1-2,6-7,14H2,(H,16,19)(H,17,18). The number of aromatic nitrogens is 1. The summed E-state index contributed by atoms with van der Waals surface area (Å²) in [5.41, 5.74) is 6.57. The fourth-order valence-electron chi connectivity index (χ4n) is 2.01. The van der Waals surface area contributed by atoms with Crippen LogP contribution in [-0.4, -0.2) is 28.0 Å². The van der Waals surface area contributed by atoms with E-state index in [-0.39, 0.29) is 30.8 Å². The first-order valence-electron chi connectivity index (χ1n) is 6.28. The summed E-state index contributed by atoms with van der Waals surface area (Å²) in [7, 11) is 0. The zero-order chi connectivity index (χ0) is 13.8. The van der Waals surface area contributed by atoms with Crippen molar-refractivity contribution in [3.8, 4) is 0 Å². The van der Waals surface area contributed by atoms with Crippen LogP contribution in [-0.2, 0) is 11.3 Å². The minimum atomic E-state index is -0.894. The summed E-state index contributed by atoms with van der Waals surface area (Å²) >= 11 is 0. The Labute approximate surface area is 111 Å². The van der Waals surface area contributed by atoms with Gasteiger partial charge in [-0.15, -0.1) is 0 Å². The number of pyridine rings is 1. The molecule has 6 nitrogen and oxygen atoms in total. The Morgan fingerprint density at radius 2 is 2.26 bits per heavy atom. The number of rotatable bonds is 6. The van der Waals surface area contributed by atoms with E-state index in [0.717, 1.165) is 12.8 Å². The maximum absolute atomic E-state index is 12.1. The Balaban J connectivity index is 2.03. The Hall–Kier alpha value is -1.95. The molecule has 2 rings (SSSR count). The minimum absolute atomic E-state index is 0.0365. The third kappa shape index (κ3) is 3.75. The van der Waals surface area contributed by atoms with E-state index in [2.05, 4.69) is 10.3 Å². The summed E-state index contributed by atoms with van der Waals surface area (Å²) in [6, 6.07) is 2.93. The van der Waals surface area contributed by atoms with Crippen molar-refractivity contribution in [3.05, 3.63) is 29.6 Å². The quantitative estimate of drug-likeness (QED) is 0.694. The molecular formula is C13H17N3O3. The molecule has 102 valence electrons. The second-order valence-corrected chi connectivity index (χ2v) is 4.76. The Morgan fingerprint density at radius 1 is 1.53 bits per heavy atom. The van der Waals surface area contributed by atoms with Gasteiger partial charge >= 0.3 is 5.97 Å². The third-order valence-electron chi connectivity index (χ3n) is 3.19. The highest BCUT2D eigenvalue weighted by Crippen LogP contribution is 2.34. The van der Waals surface area contributed by atoms with Gasteiger partial charge < -0.3 is 16.2 Å². The fourth-order valence-corrected chi connectivity index (χ4v) is 2.01. The molecule has 6 heteroatoms. The molecule has 0 radical (unpaired) electrons. The number of carbonyl (C=O) groups is 2. The van der Waals surface area contributed by atoms with E-state index in [1.807, 2.05) is 0 Å². The molecule has 0 bridgehead atoms. The van der Waals surface area contributed by atoms with Crippen LogP contribution in [0.4, 0.5) is 0 Å². The molecule has 1 heterocycles. The van der Waals surface area contributed by atoms with Crippen molar-refractivity contribution >= 4 is 11.9 Å². The summed E-state index contributed by atoms with van der Waals surface area (Å²) in [5, 5.41) is 11.6. The molecule has 4 N–H and O–H groups in total. The predicted octanol–water partition coefficient (Wildman–Crippen LogP) is 0.523. The molecule has 1 aromatic heterocycles. The normalized spacial score (nSPS) is 15.8. The van der Waals surface area contributed by atoms with E-state index in [4.69, 9.17) is 10.8 Å². The van der Waals surface area contributed by atoms with Gasteiger partial charge in [-0.1, -0.05) is 0 Å². The van der Waals surface area contributed by atoms with Crippen LogP contribution in [0.5, 0.6) is 0 Å². The van der Waals surface area contributed by atoms with E-state index >= 15 is 0 Å². The number of hydrogen-bond donors (Lipinski definition) is 3. The average molecular weight is 263 g/mol. The van der Waals surface area contributed by atoms with Gasteiger partial charge in [0.15, 0.2) is 0 Å². The molecular weight excluding hydrogens is 246 g/mol. The van der Waals surface area contributed by atoms with Gasteiger partial charge in [-0.3, -0.25) is 14.6 Å². The number of amides is 1. The molecule has 0 saturated heterocycles. The van der Waals surface area contributed by atoms with Gasteiger partial charge in [-0.2, -0.15) is 0 Å². The van der Waals surface area contributed by atoms with Crippen molar-refractivity contribution < 1.29 is 14.7 Å². The first kappa shape index (κ1) is 13.5. The summed E-state index contributed by atoms with van der Waals surface area (Å²) in [5.74, 6) is -0.874. The summed E-state index contributed by atoms with van der Waals surface area (Å²) in [6.07, 6.45) is 3.44. The van der Waals surface area contributed by atoms with Crippen molar-refractivity contribution in [2.45, 2.75) is 31.8 Å². The monoisotopic (exact) mass is 263 g/mol. The predicted molar refractivity (Wildman–Crippen MR) is 68.4 cm³/mol. The Morgan fingerprint density at radius 3 is 2.84 bits per heavy atom. The van der Waals surface area contributed by atoms with E-state index in [1.54, 1.807) is 12.1 Å². The lowest BCUT2D eigenvalue weighted by Gasteiger charge is -2.16. The van der Waals surface area contributed by atoms with Crippen molar-refractivity contribution in [3.63, 3.8) is 0 Å². The smallest absolute Gasteiger partial charge is 0.305 e. The second kappa shape index (κ2) is 5.79. The molecule has 1 aliphatic carbocycles. The van der Waals surface area contributed by atoms with Gasteiger partial charge in [0.1, 0.15) is 0 Å². The lowest BCUT2D eigenvalue weighted by atomic mass is 10.1. The molecule has 1 unspecified atom stereocenters. The zero-order valence-electron chi connectivity index (χ0n) is 10.5. The van der Waals surface area contributed by atoms with Crippen molar-refractivity contribution in [1.29, 1.82) is 0 Å². The van der Waals surface area contributed by atoms with Crippen LogP contribution in [0, 0.1) is 5.92 Å². The van der Waals surface area contributed by atoms with Crippen LogP contribution in [0.3, 0.4) is 0 Å². The first-order valence-corrected chi connectivity index (χ1v) is 6.28. The Bertz CT molecular complexity index is 486. The van der Waals surface area contributed by atoms with Gasteiger partial charge in [0.25, 0.3) is 5.91 Å². The molecule has 1 saturated carbocycles. The van der Waals surface area contributed by atoms with Crippen LogP contribution in [0.2, 0.25) is 0 Å². The molecule has 1 fully saturated rings. The number of nitrogens with one attached hydrogen (secondary N) is 1. The molecule has 1 aromatic rings. The highest BCUT2D eigenvalue weighted by molar-refractivity contribution is 5.94. The lowest BCUT2D eigenvalue weighted by molar-refractivity contribution is -0.137. The molecule has 1 atom stereocenters. The number of carboxylic acid groups (broad SMARTS) is 1. The van der Waals surface area contributed by atoms with Crippen molar-refractivity contribution in [2.24, 2.45) is 11.7 Å². The minimum Gasteiger partial charge on any atom is -0.481 e. The van der Waals surface area contributed by atoms with Crippen LogP contribution in [0.25, 0.3) is 0 Å². The fraction of sp³-hybridized carbons (Fsp3) is 0.462. The molecule has 0 aromatic carbocycles. The molecule has 19 heavy (non-hydrogen) atoms. The summed E-state index contributed by atoms with van der Waals surface area (Å²) < 4.78 is 0. The maximum Gasteiger partial charge on any atom is 0.305 e. The summed E-state index contributed by atoms with van der Waals surface area (Å²) in [4.78, 5) is 26.9. The average Bonchev–Trinajstić information content (AvgIpc) is 3.21. The molecule has 1 amide bonds. The summed E-state index contributed by atoms with van der Waals surface area (Å²) in [6.45, 7) is 0.266. The number of hydrogen-bond acceptors (Lipinski definition) is 4. The van der Waals surface area contributed by atoms with Crippen LogP contribution in [0.1, 0.15) is 35.3 Å². The number of carbonyl (C=O) groups excluding carboxylic acids is 1. The van der Waals surface area contributed by atoms with Crippen molar-refractivity contribution in [2.75, 3.05) is 0 Å². The second-order valence-electron chi connectivity index (χ2n) is 4.76. The van der Waals surface area contributed by atoms with Gasteiger partial charge in [0.2, 0.25) is 0 Å². The topological polar surface area (TPSA) is 105 Å². The highest BCUT2D eigenvalue weighted by atomic mass is 16.4.